The SMILES string of the molecule is CCCC1CC(c2ccc(-c3cnc(C4CCCN4)[nH]3)cc2)CC=C1c1cnc(C2CCCN2)[nH]1. The van der Waals surface area contributed by atoms with E-state index in [9.17, 15) is 0 Å². The molecule has 3 aliphatic rings. The molecule has 35 heavy (non-hydrogen) atoms. The van der Waals surface area contributed by atoms with Crippen molar-refractivity contribution in [2.75, 3.05) is 13.1 Å². The van der Waals surface area contributed by atoms with Crippen LogP contribution in [-0.4, -0.2) is 33.0 Å². The second kappa shape index (κ2) is 10.1. The van der Waals surface area contributed by atoms with Crippen LogP contribution in [0.15, 0.2) is 42.7 Å². The monoisotopic (exact) mass is 470 g/mol. The van der Waals surface area contributed by atoms with Gasteiger partial charge in [-0.05, 0) is 86.6 Å². The third-order valence-electron chi connectivity index (χ3n) is 8.24. The molecule has 2 aromatic heterocycles. The molecule has 0 bridgehead atoms. The van der Waals surface area contributed by atoms with Gasteiger partial charge in [0.25, 0.3) is 0 Å². The van der Waals surface area contributed by atoms with Crippen molar-refractivity contribution in [3.05, 3.63) is 65.6 Å². The van der Waals surface area contributed by atoms with E-state index in [0.29, 0.717) is 23.9 Å². The van der Waals surface area contributed by atoms with Crippen molar-refractivity contribution in [1.29, 1.82) is 0 Å². The van der Waals surface area contributed by atoms with Crippen LogP contribution in [0.2, 0.25) is 0 Å². The summed E-state index contributed by atoms with van der Waals surface area (Å²) in [4.78, 5) is 16.6. The van der Waals surface area contributed by atoms with Crippen LogP contribution in [0.5, 0.6) is 0 Å². The zero-order valence-corrected chi connectivity index (χ0v) is 20.8. The molecule has 0 saturated carbocycles. The fraction of sp³-hybridized carbons (Fsp3) is 0.517. The highest BCUT2D eigenvalue weighted by molar-refractivity contribution is 5.66. The summed E-state index contributed by atoms with van der Waals surface area (Å²) in [6, 6.07) is 9.95. The summed E-state index contributed by atoms with van der Waals surface area (Å²) in [6.07, 6.45) is 16.1. The molecule has 1 aliphatic carbocycles. The number of nitrogens with one attached hydrogen (secondary N) is 4. The van der Waals surface area contributed by atoms with Gasteiger partial charge in [0, 0.05) is 0 Å². The highest BCUT2D eigenvalue weighted by atomic mass is 15.0. The van der Waals surface area contributed by atoms with Crippen molar-refractivity contribution in [3.63, 3.8) is 0 Å². The summed E-state index contributed by atoms with van der Waals surface area (Å²) < 4.78 is 0. The summed E-state index contributed by atoms with van der Waals surface area (Å²) in [5.41, 5.74) is 6.48. The molecule has 2 aliphatic heterocycles. The van der Waals surface area contributed by atoms with Crippen LogP contribution < -0.4 is 10.6 Å². The first-order valence-corrected chi connectivity index (χ1v) is 13.7. The van der Waals surface area contributed by atoms with Crippen LogP contribution in [0.4, 0.5) is 0 Å². The third-order valence-corrected chi connectivity index (χ3v) is 8.24. The summed E-state index contributed by atoms with van der Waals surface area (Å²) in [7, 11) is 0. The van der Waals surface area contributed by atoms with E-state index in [2.05, 4.69) is 69.0 Å². The Morgan fingerprint density at radius 1 is 0.857 bits per heavy atom. The van der Waals surface area contributed by atoms with Gasteiger partial charge in [0.1, 0.15) is 11.6 Å². The Balaban J connectivity index is 1.17. The standard InChI is InChI=1S/C29H38N6/c1-2-5-22-16-21(12-13-23(22)27-18-33-29(35-27)25-7-4-15-31-25)19-8-10-20(11-9-19)26-17-32-28(34-26)24-6-3-14-30-24/h8-11,13,17-18,21-22,24-25,30-31H,2-7,12,14-16H2,1H3,(H,32,34)(H,33,35). The molecular weight excluding hydrogens is 432 g/mol. The fourth-order valence-electron chi connectivity index (χ4n) is 6.32. The number of rotatable bonds is 7. The van der Waals surface area contributed by atoms with E-state index in [1.165, 1.54) is 67.3 Å². The topological polar surface area (TPSA) is 81.4 Å². The van der Waals surface area contributed by atoms with Gasteiger partial charge in [0.15, 0.2) is 0 Å². The molecule has 3 aromatic rings. The van der Waals surface area contributed by atoms with Gasteiger partial charge in [-0.25, -0.2) is 9.97 Å². The minimum absolute atomic E-state index is 0.377. The molecule has 1 aromatic carbocycles. The smallest absolute Gasteiger partial charge is 0.123 e. The van der Waals surface area contributed by atoms with Crippen molar-refractivity contribution < 1.29 is 0 Å². The van der Waals surface area contributed by atoms with Gasteiger partial charge < -0.3 is 20.6 Å². The largest absolute Gasteiger partial charge is 0.341 e. The average Bonchev–Trinajstić information content (AvgIpc) is 3.71. The Labute approximate surface area is 208 Å². The lowest BCUT2D eigenvalue weighted by Gasteiger charge is -2.30. The number of aromatic nitrogens is 4. The van der Waals surface area contributed by atoms with Crippen molar-refractivity contribution in [1.82, 2.24) is 30.6 Å². The maximum atomic E-state index is 4.74. The molecular formula is C29H38N6. The molecule has 0 amide bonds. The zero-order chi connectivity index (χ0) is 23.6. The van der Waals surface area contributed by atoms with Gasteiger partial charge >= 0.3 is 0 Å². The summed E-state index contributed by atoms with van der Waals surface area (Å²) >= 11 is 0. The average molecular weight is 471 g/mol. The molecule has 6 nitrogen and oxygen atoms in total. The maximum Gasteiger partial charge on any atom is 0.123 e. The normalized spacial score (nSPS) is 26.8. The lowest BCUT2D eigenvalue weighted by molar-refractivity contribution is 0.467. The van der Waals surface area contributed by atoms with Crippen molar-refractivity contribution in [2.24, 2.45) is 5.92 Å². The van der Waals surface area contributed by atoms with E-state index in [1.807, 2.05) is 6.20 Å². The summed E-state index contributed by atoms with van der Waals surface area (Å²) in [5, 5.41) is 7.09. The second-order valence-electron chi connectivity index (χ2n) is 10.6. The first-order chi connectivity index (χ1) is 17.3. The van der Waals surface area contributed by atoms with Crippen LogP contribution >= 0.6 is 0 Å². The van der Waals surface area contributed by atoms with Gasteiger partial charge in [-0.3, -0.25) is 0 Å². The number of benzene rings is 1. The third kappa shape index (κ3) is 4.74. The molecule has 0 spiro atoms. The van der Waals surface area contributed by atoms with E-state index in [0.717, 1.165) is 36.9 Å². The highest BCUT2D eigenvalue weighted by Gasteiger charge is 2.28. The lowest BCUT2D eigenvalue weighted by Crippen LogP contribution is -2.16. The molecule has 0 radical (unpaired) electrons. The number of allylic oxidation sites excluding steroid dienone is 2. The van der Waals surface area contributed by atoms with Crippen LogP contribution in [-0.2, 0) is 0 Å². The minimum Gasteiger partial charge on any atom is -0.341 e. The summed E-state index contributed by atoms with van der Waals surface area (Å²) in [6.45, 7) is 4.49. The summed E-state index contributed by atoms with van der Waals surface area (Å²) in [5.74, 6) is 3.33. The quantitative estimate of drug-likeness (QED) is 0.340. The first-order valence-electron chi connectivity index (χ1n) is 13.7. The zero-order valence-electron chi connectivity index (χ0n) is 20.8. The molecule has 2 saturated heterocycles. The minimum atomic E-state index is 0.377. The second-order valence-corrected chi connectivity index (χ2v) is 10.6. The number of hydrogen-bond donors (Lipinski definition) is 4. The molecule has 6 rings (SSSR count). The van der Waals surface area contributed by atoms with E-state index in [4.69, 9.17) is 4.98 Å². The van der Waals surface area contributed by atoms with E-state index < -0.39 is 0 Å². The number of H-pyrrole nitrogens is 2. The van der Waals surface area contributed by atoms with E-state index >= 15 is 0 Å². The molecule has 4 heterocycles. The molecule has 184 valence electrons. The number of nitrogens with zero attached hydrogens (tertiary/aromatic N) is 2. The Hall–Kier alpha value is -2.70. The van der Waals surface area contributed by atoms with Crippen LogP contribution in [0.25, 0.3) is 16.8 Å². The number of imidazole rings is 2. The Morgan fingerprint density at radius 3 is 2.14 bits per heavy atom. The van der Waals surface area contributed by atoms with Crippen molar-refractivity contribution in [2.45, 2.75) is 76.3 Å². The van der Waals surface area contributed by atoms with Crippen molar-refractivity contribution >= 4 is 5.57 Å². The fourth-order valence-corrected chi connectivity index (χ4v) is 6.32. The first kappa shape index (κ1) is 22.7. The van der Waals surface area contributed by atoms with Crippen LogP contribution in [0.3, 0.4) is 0 Å². The predicted molar refractivity (Wildman–Crippen MR) is 141 cm³/mol. The van der Waals surface area contributed by atoms with Gasteiger partial charge in [-0.2, -0.15) is 0 Å². The van der Waals surface area contributed by atoms with Gasteiger partial charge in [-0.1, -0.05) is 43.7 Å². The Bertz CT molecular complexity index is 1140. The Morgan fingerprint density at radius 2 is 1.51 bits per heavy atom. The molecule has 4 unspecified atom stereocenters. The van der Waals surface area contributed by atoms with Gasteiger partial charge in [0.2, 0.25) is 0 Å². The highest BCUT2D eigenvalue weighted by Crippen LogP contribution is 2.42. The van der Waals surface area contributed by atoms with Crippen LogP contribution in [0, 0.1) is 5.92 Å². The van der Waals surface area contributed by atoms with Crippen LogP contribution in [0.1, 0.15) is 99.2 Å². The maximum absolute atomic E-state index is 4.74. The predicted octanol–water partition coefficient (Wildman–Crippen LogP) is 6.03. The van der Waals surface area contributed by atoms with Gasteiger partial charge in [0.05, 0.1) is 35.9 Å². The van der Waals surface area contributed by atoms with Crippen molar-refractivity contribution in [3.8, 4) is 11.3 Å². The van der Waals surface area contributed by atoms with E-state index in [1.54, 1.807) is 0 Å². The Kier molecular flexibility index (Phi) is 6.57. The molecule has 2 fully saturated rings. The number of aromatic amines is 2. The lowest BCUT2D eigenvalue weighted by atomic mass is 9.75. The van der Waals surface area contributed by atoms with Gasteiger partial charge in [-0.15, -0.1) is 0 Å². The van der Waals surface area contributed by atoms with E-state index in [-0.39, 0.29) is 0 Å². The number of hydrogen-bond acceptors (Lipinski definition) is 4. The molecule has 4 N–H and O–H groups in total. The molecule has 4 atom stereocenters. The molecule has 6 heteroatoms.